The molecule has 132 valence electrons. The summed E-state index contributed by atoms with van der Waals surface area (Å²) in [4.78, 5) is 24.6. The molecule has 0 spiro atoms. The van der Waals surface area contributed by atoms with Crippen LogP contribution in [0.4, 0.5) is 5.69 Å². The number of carbonyl (C=O) groups is 2. The van der Waals surface area contributed by atoms with Gasteiger partial charge in [0.05, 0.1) is 21.3 Å². The van der Waals surface area contributed by atoms with Gasteiger partial charge in [0, 0.05) is 15.9 Å². The van der Waals surface area contributed by atoms with Crippen molar-refractivity contribution in [2.24, 2.45) is 0 Å². The molecule has 5 nitrogen and oxygen atoms in total. The van der Waals surface area contributed by atoms with Crippen molar-refractivity contribution in [3.63, 3.8) is 0 Å². The smallest absolute Gasteiger partial charge is 0.339 e. The zero-order valence-corrected chi connectivity index (χ0v) is 16.3. The van der Waals surface area contributed by atoms with E-state index in [1.54, 1.807) is 37.3 Å². The van der Waals surface area contributed by atoms with Crippen LogP contribution in [-0.4, -0.2) is 28.4 Å². The first-order valence-corrected chi connectivity index (χ1v) is 9.74. The number of rotatable bonds is 6. The van der Waals surface area contributed by atoms with Crippen molar-refractivity contribution in [2.75, 3.05) is 17.7 Å². The maximum Gasteiger partial charge on any atom is 0.339 e. The van der Waals surface area contributed by atoms with Gasteiger partial charge >= 0.3 is 5.97 Å². The van der Waals surface area contributed by atoms with Gasteiger partial charge in [-0.15, -0.1) is 0 Å². The predicted octanol–water partition coefficient (Wildman–Crippen LogP) is 3.68. The molecule has 25 heavy (non-hydrogen) atoms. The number of carbonyl (C=O) groups excluding carboxylic acids is 2. The quantitative estimate of drug-likeness (QED) is 0.719. The van der Waals surface area contributed by atoms with Gasteiger partial charge in [0.15, 0.2) is 6.61 Å². The van der Waals surface area contributed by atoms with E-state index < -0.39 is 29.3 Å². The summed E-state index contributed by atoms with van der Waals surface area (Å²) in [5.74, 6) is -0.711. The second-order valence-corrected chi connectivity index (χ2v) is 7.78. The minimum absolute atomic E-state index is 0.218. The Balaban J connectivity index is 1.99. The molecule has 1 unspecified atom stereocenters. The average molecular weight is 424 g/mol. The van der Waals surface area contributed by atoms with E-state index in [1.807, 2.05) is 19.1 Å². The summed E-state index contributed by atoms with van der Waals surface area (Å²) in [6, 6.07) is 11.9. The van der Waals surface area contributed by atoms with Gasteiger partial charge in [-0.3, -0.25) is 9.00 Å². The molecule has 7 heteroatoms. The lowest BCUT2D eigenvalue weighted by molar-refractivity contribution is -0.119. The molecule has 2 aromatic rings. The van der Waals surface area contributed by atoms with Crippen LogP contribution in [0.5, 0.6) is 0 Å². The van der Waals surface area contributed by atoms with Gasteiger partial charge in [-0.2, -0.15) is 0 Å². The summed E-state index contributed by atoms with van der Waals surface area (Å²) in [6.45, 7) is 3.26. The van der Waals surface area contributed by atoms with Gasteiger partial charge in [0.25, 0.3) is 5.91 Å². The van der Waals surface area contributed by atoms with Gasteiger partial charge in [-0.1, -0.05) is 35.0 Å². The van der Waals surface area contributed by atoms with E-state index >= 15 is 0 Å². The summed E-state index contributed by atoms with van der Waals surface area (Å²) in [5, 5.41) is 2.67. The highest BCUT2D eigenvalue weighted by Gasteiger charge is 2.17. The molecule has 0 aliphatic carbocycles. The Morgan fingerprint density at radius 2 is 1.92 bits per heavy atom. The molecule has 0 saturated carbocycles. The summed E-state index contributed by atoms with van der Waals surface area (Å²) >= 11 is 3.39. The van der Waals surface area contributed by atoms with Crippen molar-refractivity contribution in [1.29, 1.82) is 0 Å². The van der Waals surface area contributed by atoms with E-state index in [4.69, 9.17) is 4.74 Å². The van der Waals surface area contributed by atoms with Crippen LogP contribution in [-0.2, 0) is 20.3 Å². The highest BCUT2D eigenvalue weighted by molar-refractivity contribution is 9.10. The number of aryl methyl sites for hydroxylation is 1. The van der Waals surface area contributed by atoms with E-state index in [1.165, 1.54) is 0 Å². The fraction of sp³-hybridized carbons (Fsp3) is 0.222. The summed E-state index contributed by atoms with van der Waals surface area (Å²) in [6.07, 6.45) is 0. The molecule has 0 bridgehead atoms. The minimum Gasteiger partial charge on any atom is -0.452 e. The number of nitrogens with one attached hydrogen (secondary N) is 1. The molecule has 1 amide bonds. The van der Waals surface area contributed by atoms with E-state index in [0.29, 0.717) is 16.3 Å². The minimum atomic E-state index is -1.28. The van der Waals surface area contributed by atoms with Gasteiger partial charge in [0.1, 0.15) is 0 Å². The van der Waals surface area contributed by atoms with Crippen molar-refractivity contribution in [3.8, 4) is 0 Å². The molecule has 0 saturated heterocycles. The number of hydrogen-bond acceptors (Lipinski definition) is 4. The highest BCUT2D eigenvalue weighted by atomic mass is 79.9. The van der Waals surface area contributed by atoms with Gasteiger partial charge in [-0.25, -0.2) is 4.79 Å². The third-order valence-corrected chi connectivity index (χ3v) is 5.65. The Morgan fingerprint density at radius 3 is 2.60 bits per heavy atom. The molecule has 0 aliphatic rings. The van der Waals surface area contributed by atoms with Crippen LogP contribution in [0.25, 0.3) is 0 Å². The largest absolute Gasteiger partial charge is 0.452 e. The SMILES string of the molecule is CCS(=O)c1ccccc1C(=O)OCC(=O)Nc1ccc(Br)c(C)c1. The Kier molecular flexibility index (Phi) is 6.90. The highest BCUT2D eigenvalue weighted by Crippen LogP contribution is 2.20. The Labute approximate surface area is 157 Å². The van der Waals surface area contributed by atoms with Crippen molar-refractivity contribution < 1.29 is 18.5 Å². The zero-order valence-electron chi connectivity index (χ0n) is 13.9. The molecule has 0 radical (unpaired) electrons. The molecular weight excluding hydrogens is 406 g/mol. The number of esters is 1. The molecule has 0 aliphatic heterocycles. The molecule has 2 aromatic carbocycles. The lowest BCUT2D eigenvalue weighted by Crippen LogP contribution is -2.21. The van der Waals surface area contributed by atoms with E-state index in [0.717, 1.165) is 10.0 Å². The third-order valence-electron chi connectivity index (χ3n) is 3.39. The monoisotopic (exact) mass is 423 g/mol. The fourth-order valence-corrected chi connectivity index (χ4v) is 3.30. The lowest BCUT2D eigenvalue weighted by Gasteiger charge is -2.10. The molecule has 2 rings (SSSR count). The molecule has 0 fully saturated rings. The van der Waals surface area contributed by atoms with Crippen LogP contribution in [0.1, 0.15) is 22.8 Å². The number of ether oxygens (including phenoxy) is 1. The van der Waals surface area contributed by atoms with Gasteiger partial charge in [-0.05, 0) is 42.8 Å². The van der Waals surface area contributed by atoms with Crippen LogP contribution in [0.2, 0.25) is 0 Å². The average Bonchev–Trinajstić information content (AvgIpc) is 2.62. The van der Waals surface area contributed by atoms with Gasteiger partial charge < -0.3 is 10.1 Å². The maximum atomic E-state index is 12.2. The number of hydrogen-bond donors (Lipinski definition) is 1. The topological polar surface area (TPSA) is 72.5 Å². The standard InChI is InChI=1S/C18H18BrNO4S/c1-3-25(23)16-7-5-4-6-14(16)18(22)24-11-17(21)20-13-8-9-15(19)12(2)10-13/h4-10H,3,11H2,1-2H3,(H,20,21). The van der Waals surface area contributed by atoms with Crippen molar-refractivity contribution in [3.05, 3.63) is 58.1 Å². The van der Waals surface area contributed by atoms with Crippen LogP contribution in [0, 0.1) is 6.92 Å². The second kappa shape index (κ2) is 8.92. The zero-order chi connectivity index (χ0) is 18.4. The molecule has 1 atom stereocenters. The summed E-state index contributed by atoms with van der Waals surface area (Å²) in [5.41, 5.74) is 1.81. The Morgan fingerprint density at radius 1 is 1.20 bits per heavy atom. The van der Waals surface area contributed by atoms with Crippen LogP contribution in [0.15, 0.2) is 51.8 Å². The van der Waals surface area contributed by atoms with Crippen molar-refractivity contribution >= 4 is 44.3 Å². The summed E-state index contributed by atoms with van der Waals surface area (Å²) in [7, 11) is -1.28. The third kappa shape index (κ3) is 5.24. The van der Waals surface area contributed by atoms with Gasteiger partial charge in [0.2, 0.25) is 0 Å². The van der Waals surface area contributed by atoms with Crippen LogP contribution >= 0.6 is 15.9 Å². The van der Waals surface area contributed by atoms with Crippen LogP contribution < -0.4 is 5.32 Å². The Bertz CT molecular complexity index is 822. The van der Waals surface area contributed by atoms with E-state index in [2.05, 4.69) is 21.2 Å². The van der Waals surface area contributed by atoms with Crippen molar-refractivity contribution in [1.82, 2.24) is 0 Å². The molecule has 1 N–H and O–H groups in total. The van der Waals surface area contributed by atoms with Crippen LogP contribution in [0.3, 0.4) is 0 Å². The Hall–Kier alpha value is -1.99. The first kappa shape index (κ1) is 19.3. The number of benzene rings is 2. The number of halogens is 1. The predicted molar refractivity (Wildman–Crippen MR) is 101 cm³/mol. The van der Waals surface area contributed by atoms with E-state index in [-0.39, 0.29) is 5.56 Å². The lowest BCUT2D eigenvalue weighted by atomic mass is 10.2. The normalized spacial score (nSPS) is 11.6. The number of amides is 1. The number of anilines is 1. The summed E-state index contributed by atoms with van der Waals surface area (Å²) < 4.78 is 18.0. The second-order valence-electron chi connectivity index (χ2n) is 5.22. The first-order valence-electron chi connectivity index (χ1n) is 7.63. The molecule has 0 heterocycles. The molecular formula is C18H18BrNO4S. The molecule has 0 aromatic heterocycles. The fourth-order valence-electron chi connectivity index (χ4n) is 2.12. The maximum absolute atomic E-state index is 12.2. The van der Waals surface area contributed by atoms with E-state index in [9.17, 15) is 13.8 Å². The van der Waals surface area contributed by atoms with Crippen molar-refractivity contribution in [2.45, 2.75) is 18.7 Å². The first-order chi connectivity index (χ1) is 11.9.